The summed E-state index contributed by atoms with van der Waals surface area (Å²) < 4.78 is 10.1. The molecule has 1 aromatic heterocycles. The lowest BCUT2D eigenvalue weighted by Crippen LogP contribution is -2.14. The Morgan fingerprint density at radius 2 is 1.64 bits per heavy atom. The van der Waals surface area contributed by atoms with Gasteiger partial charge in [-0.15, -0.1) is 11.3 Å². The number of nitrogens with one attached hydrogen (secondary N) is 2. The van der Waals surface area contributed by atoms with Crippen molar-refractivity contribution >= 4 is 45.5 Å². The standard InChI is InChI=1S/C22H19N3O7S/c1-12-17(22(28)32-3)21(24-19(26)13-8-10-14(11-9-13)25(29)30)33-18(12)20(27)23-15-6-4-5-7-16(15)31-2/h4-11H,1-3H3,(H,23,27)(H,24,26). The minimum Gasteiger partial charge on any atom is -0.495 e. The van der Waals surface area contributed by atoms with Gasteiger partial charge in [-0.1, -0.05) is 12.1 Å². The SMILES string of the molecule is COC(=O)c1c(NC(=O)c2ccc([N+](=O)[O-])cc2)sc(C(=O)Nc2ccccc2OC)c1C. The number of benzene rings is 2. The maximum absolute atomic E-state index is 13.0. The molecule has 0 bridgehead atoms. The van der Waals surface area contributed by atoms with Gasteiger partial charge in [0.1, 0.15) is 10.8 Å². The number of hydrogen-bond donors (Lipinski definition) is 2. The molecular weight excluding hydrogens is 450 g/mol. The summed E-state index contributed by atoms with van der Waals surface area (Å²) in [6, 6.07) is 11.8. The van der Waals surface area contributed by atoms with E-state index in [0.29, 0.717) is 17.0 Å². The second-order valence-electron chi connectivity index (χ2n) is 6.66. The number of anilines is 2. The van der Waals surface area contributed by atoms with Crippen molar-refractivity contribution in [3.63, 3.8) is 0 Å². The first-order valence-corrected chi connectivity index (χ1v) is 10.3. The van der Waals surface area contributed by atoms with Gasteiger partial charge >= 0.3 is 5.97 Å². The van der Waals surface area contributed by atoms with Gasteiger partial charge in [-0.2, -0.15) is 0 Å². The molecule has 2 amide bonds. The monoisotopic (exact) mass is 469 g/mol. The van der Waals surface area contributed by atoms with E-state index < -0.39 is 22.7 Å². The van der Waals surface area contributed by atoms with E-state index in [1.54, 1.807) is 31.2 Å². The lowest BCUT2D eigenvalue weighted by atomic mass is 10.1. The first kappa shape index (κ1) is 23.4. The fraction of sp³-hybridized carbons (Fsp3) is 0.136. The average molecular weight is 469 g/mol. The van der Waals surface area contributed by atoms with Crippen molar-refractivity contribution in [1.29, 1.82) is 0 Å². The molecular formula is C22H19N3O7S. The van der Waals surface area contributed by atoms with Crippen molar-refractivity contribution in [2.75, 3.05) is 24.9 Å². The van der Waals surface area contributed by atoms with E-state index in [4.69, 9.17) is 9.47 Å². The first-order valence-electron chi connectivity index (χ1n) is 9.48. The summed E-state index contributed by atoms with van der Waals surface area (Å²) in [7, 11) is 2.67. The quantitative estimate of drug-likeness (QED) is 0.300. The summed E-state index contributed by atoms with van der Waals surface area (Å²) in [5.41, 5.74) is 0.793. The summed E-state index contributed by atoms with van der Waals surface area (Å²) in [5, 5.41) is 16.3. The number of para-hydroxylation sites is 2. The third-order valence-electron chi connectivity index (χ3n) is 4.67. The highest BCUT2D eigenvalue weighted by Crippen LogP contribution is 2.35. The molecule has 2 N–H and O–H groups in total. The smallest absolute Gasteiger partial charge is 0.341 e. The number of hydrogen-bond acceptors (Lipinski definition) is 8. The molecule has 1 heterocycles. The number of esters is 1. The van der Waals surface area contributed by atoms with Crippen molar-refractivity contribution in [2.45, 2.75) is 6.92 Å². The van der Waals surface area contributed by atoms with Crippen LogP contribution in [0.15, 0.2) is 48.5 Å². The Balaban J connectivity index is 1.92. The summed E-state index contributed by atoms with van der Waals surface area (Å²) >= 11 is 0.908. The number of ether oxygens (including phenoxy) is 2. The van der Waals surface area contributed by atoms with Crippen LogP contribution in [0.5, 0.6) is 5.75 Å². The summed E-state index contributed by atoms with van der Waals surface area (Å²) in [4.78, 5) is 48.5. The molecule has 0 saturated heterocycles. The molecule has 11 heteroatoms. The Kier molecular flexibility index (Phi) is 7.04. The molecule has 10 nitrogen and oxygen atoms in total. The first-order chi connectivity index (χ1) is 15.8. The van der Waals surface area contributed by atoms with Gasteiger partial charge in [0.05, 0.1) is 35.3 Å². The van der Waals surface area contributed by atoms with E-state index in [-0.39, 0.29) is 26.7 Å². The summed E-state index contributed by atoms with van der Waals surface area (Å²) in [5.74, 6) is -1.37. The number of rotatable bonds is 7. The highest BCUT2D eigenvalue weighted by atomic mass is 32.1. The number of carbonyl (C=O) groups excluding carboxylic acids is 3. The molecule has 0 saturated carbocycles. The van der Waals surface area contributed by atoms with Crippen LogP contribution in [-0.4, -0.2) is 36.9 Å². The fourth-order valence-electron chi connectivity index (χ4n) is 3.00. The Morgan fingerprint density at radius 3 is 2.24 bits per heavy atom. The second-order valence-corrected chi connectivity index (χ2v) is 7.69. The Hall–Kier alpha value is -4.25. The van der Waals surface area contributed by atoms with Crippen LogP contribution in [0.1, 0.15) is 36.0 Å². The normalized spacial score (nSPS) is 10.3. The van der Waals surface area contributed by atoms with Crippen LogP contribution in [0.25, 0.3) is 0 Å². The van der Waals surface area contributed by atoms with E-state index in [2.05, 4.69) is 10.6 Å². The Labute approximate surface area is 192 Å². The zero-order valence-electron chi connectivity index (χ0n) is 17.8. The van der Waals surface area contributed by atoms with Crippen molar-refractivity contribution < 1.29 is 28.8 Å². The highest BCUT2D eigenvalue weighted by molar-refractivity contribution is 7.19. The molecule has 0 spiro atoms. The predicted molar refractivity (Wildman–Crippen MR) is 122 cm³/mol. The van der Waals surface area contributed by atoms with E-state index in [0.717, 1.165) is 11.3 Å². The number of nitro groups is 1. The van der Waals surface area contributed by atoms with Crippen LogP contribution in [0.3, 0.4) is 0 Å². The maximum Gasteiger partial charge on any atom is 0.341 e. The average Bonchev–Trinajstić information content (AvgIpc) is 3.14. The lowest BCUT2D eigenvalue weighted by Gasteiger charge is -2.09. The molecule has 2 aromatic carbocycles. The number of amides is 2. The van der Waals surface area contributed by atoms with Crippen LogP contribution in [0.4, 0.5) is 16.4 Å². The van der Waals surface area contributed by atoms with Gasteiger partial charge in [-0.05, 0) is 36.8 Å². The van der Waals surface area contributed by atoms with Crippen molar-refractivity contribution in [3.8, 4) is 5.75 Å². The molecule has 0 aliphatic carbocycles. The third-order valence-corrected chi connectivity index (χ3v) is 5.87. The van der Waals surface area contributed by atoms with Gasteiger partial charge in [0.25, 0.3) is 17.5 Å². The topological polar surface area (TPSA) is 137 Å². The minimum atomic E-state index is -0.723. The number of thiophene rings is 1. The highest BCUT2D eigenvalue weighted by Gasteiger charge is 2.27. The zero-order chi connectivity index (χ0) is 24.1. The molecule has 0 unspecified atom stereocenters. The lowest BCUT2D eigenvalue weighted by molar-refractivity contribution is -0.384. The van der Waals surface area contributed by atoms with E-state index in [1.807, 2.05) is 0 Å². The second kappa shape index (κ2) is 9.92. The van der Waals surface area contributed by atoms with Gasteiger partial charge in [-0.3, -0.25) is 19.7 Å². The molecule has 0 aliphatic heterocycles. The van der Waals surface area contributed by atoms with Crippen LogP contribution in [0.2, 0.25) is 0 Å². The third kappa shape index (κ3) is 4.99. The molecule has 0 atom stereocenters. The molecule has 170 valence electrons. The molecule has 0 fully saturated rings. The van der Waals surface area contributed by atoms with Crippen molar-refractivity contribution in [3.05, 3.63) is 80.2 Å². The molecule has 3 rings (SSSR count). The molecule has 0 radical (unpaired) electrons. The number of nitrogens with zero attached hydrogens (tertiary/aromatic N) is 1. The Bertz CT molecular complexity index is 1240. The Morgan fingerprint density at radius 1 is 0.970 bits per heavy atom. The maximum atomic E-state index is 13.0. The summed E-state index contributed by atoms with van der Waals surface area (Å²) in [6.45, 7) is 1.57. The van der Waals surface area contributed by atoms with Crippen LogP contribution >= 0.6 is 11.3 Å². The molecule has 3 aromatic rings. The van der Waals surface area contributed by atoms with Crippen LogP contribution < -0.4 is 15.4 Å². The number of nitro benzene ring substituents is 1. The fourth-order valence-corrected chi connectivity index (χ4v) is 4.09. The number of non-ortho nitro benzene ring substituents is 1. The van der Waals surface area contributed by atoms with Gasteiger partial charge in [-0.25, -0.2) is 4.79 Å². The van der Waals surface area contributed by atoms with Gasteiger partial charge in [0.15, 0.2) is 0 Å². The van der Waals surface area contributed by atoms with Crippen LogP contribution in [-0.2, 0) is 4.74 Å². The summed E-state index contributed by atoms with van der Waals surface area (Å²) in [6.07, 6.45) is 0. The minimum absolute atomic E-state index is 0.0444. The largest absolute Gasteiger partial charge is 0.495 e. The number of methoxy groups -OCH3 is 2. The van der Waals surface area contributed by atoms with Gasteiger partial charge in [0.2, 0.25) is 0 Å². The van der Waals surface area contributed by atoms with E-state index >= 15 is 0 Å². The zero-order valence-corrected chi connectivity index (χ0v) is 18.6. The molecule has 0 aliphatic rings. The van der Waals surface area contributed by atoms with Crippen LogP contribution in [0, 0.1) is 17.0 Å². The van der Waals surface area contributed by atoms with Crippen molar-refractivity contribution in [2.24, 2.45) is 0 Å². The molecule has 33 heavy (non-hydrogen) atoms. The van der Waals surface area contributed by atoms with E-state index in [9.17, 15) is 24.5 Å². The predicted octanol–water partition coefficient (Wildman–Crippen LogP) is 4.26. The van der Waals surface area contributed by atoms with Gasteiger partial charge in [0, 0.05) is 17.7 Å². The van der Waals surface area contributed by atoms with Crippen molar-refractivity contribution in [1.82, 2.24) is 0 Å². The van der Waals surface area contributed by atoms with E-state index in [1.165, 1.54) is 38.5 Å². The number of carbonyl (C=O) groups is 3. The van der Waals surface area contributed by atoms with Gasteiger partial charge < -0.3 is 20.1 Å².